The van der Waals surface area contributed by atoms with Crippen LogP contribution in [0.3, 0.4) is 0 Å². The molecule has 0 saturated carbocycles. The Kier molecular flexibility index (Phi) is 6.37. The van der Waals surface area contributed by atoms with Gasteiger partial charge in [0.2, 0.25) is 11.8 Å². The first-order chi connectivity index (χ1) is 14.6. The van der Waals surface area contributed by atoms with Crippen molar-refractivity contribution >= 4 is 17.5 Å². The van der Waals surface area contributed by atoms with E-state index in [-0.39, 0.29) is 24.3 Å². The van der Waals surface area contributed by atoms with E-state index in [1.807, 2.05) is 77.1 Å². The fraction of sp³-hybridized carbons (Fsp3) is 0.417. The summed E-state index contributed by atoms with van der Waals surface area (Å²) >= 11 is 0. The highest BCUT2D eigenvalue weighted by Crippen LogP contribution is 2.40. The highest BCUT2D eigenvalue weighted by atomic mass is 16.2. The monoisotopic (exact) mass is 419 g/mol. The maximum absolute atomic E-state index is 13.4. The van der Waals surface area contributed by atoms with E-state index in [0.29, 0.717) is 12.1 Å². The van der Waals surface area contributed by atoms with E-state index in [1.54, 1.807) is 0 Å². The number of rotatable bonds is 4. The van der Waals surface area contributed by atoms with Crippen LogP contribution in [0.1, 0.15) is 55.4 Å². The summed E-state index contributed by atoms with van der Waals surface area (Å²) in [5, 5.41) is 6.73. The van der Waals surface area contributed by atoms with Crippen LogP contribution in [-0.2, 0) is 9.59 Å². The first kappa shape index (κ1) is 22.4. The van der Waals surface area contributed by atoms with Gasteiger partial charge >= 0.3 is 0 Å². The van der Waals surface area contributed by atoms with Crippen molar-refractivity contribution in [2.75, 3.05) is 11.4 Å². The molecule has 0 spiro atoms. The third kappa shape index (κ3) is 5.25. The van der Waals surface area contributed by atoms with Crippen molar-refractivity contribution in [1.29, 1.82) is 0 Å². The molecule has 0 saturated heterocycles. The lowest BCUT2D eigenvalue weighted by molar-refractivity contribution is -0.125. The summed E-state index contributed by atoms with van der Waals surface area (Å²) in [5.41, 5.74) is 13.5. The van der Waals surface area contributed by atoms with Crippen LogP contribution in [0.25, 0.3) is 10.4 Å². The second-order valence-electron chi connectivity index (χ2n) is 9.20. The van der Waals surface area contributed by atoms with Crippen LogP contribution in [0.2, 0.25) is 0 Å². The summed E-state index contributed by atoms with van der Waals surface area (Å²) in [4.78, 5) is 30.5. The number of amides is 2. The molecule has 0 aliphatic carbocycles. The van der Waals surface area contributed by atoms with Gasteiger partial charge in [0.1, 0.15) is 12.6 Å². The lowest BCUT2D eigenvalue weighted by Crippen LogP contribution is -2.49. The van der Waals surface area contributed by atoms with E-state index >= 15 is 0 Å². The van der Waals surface area contributed by atoms with Gasteiger partial charge in [0.05, 0.1) is 0 Å². The van der Waals surface area contributed by atoms with Crippen LogP contribution in [0.5, 0.6) is 0 Å². The van der Waals surface area contributed by atoms with Crippen molar-refractivity contribution in [2.45, 2.75) is 58.5 Å². The number of nitrogens with zero attached hydrogens (tertiary/aromatic N) is 4. The van der Waals surface area contributed by atoms with Gasteiger partial charge in [-0.3, -0.25) is 9.59 Å². The maximum atomic E-state index is 13.4. The van der Waals surface area contributed by atoms with E-state index in [9.17, 15) is 9.59 Å². The Morgan fingerprint density at radius 2 is 1.81 bits per heavy atom. The van der Waals surface area contributed by atoms with Gasteiger partial charge in [0.15, 0.2) is 0 Å². The number of hydrogen-bond donors (Lipinski definition) is 1. The summed E-state index contributed by atoms with van der Waals surface area (Å²) in [6.07, 6.45) is 0.347. The zero-order chi connectivity index (χ0) is 22.8. The number of carbonyl (C=O) groups excluding carboxylic acids is 2. The number of fused-ring (bicyclic) bond motifs is 1. The van der Waals surface area contributed by atoms with Gasteiger partial charge in [0, 0.05) is 22.1 Å². The summed E-state index contributed by atoms with van der Waals surface area (Å²) in [7, 11) is 0. The molecule has 162 valence electrons. The zero-order valence-corrected chi connectivity index (χ0v) is 18.7. The first-order valence-corrected chi connectivity index (χ1v) is 10.4. The molecule has 0 fully saturated rings. The Hall–Kier alpha value is -3.31. The minimum atomic E-state index is -0.897. The van der Waals surface area contributed by atoms with Gasteiger partial charge in [-0.2, -0.15) is 0 Å². The zero-order valence-electron chi connectivity index (χ0n) is 18.7. The topological polar surface area (TPSA) is 98.2 Å². The molecule has 0 radical (unpaired) electrons. The maximum Gasteiger partial charge on any atom is 0.240 e. The standard InChI is InChI=1S/C24H29N5O2/c1-15-6-9-17(10-7-15)19-13-20(27-28-25)23(31)29(14-22(30)26-24(3,4)5)21-12-16(2)8-11-18(19)21/h6-12,19-20H,13-14H2,1-5H3,(H,26,30). The Morgan fingerprint density at radius 3 is 2.42 bits per heavy atom. The molecule has 1 heterocycles. The molecule has 1 aliphatic heterocycles. The lowest BCUT2D eigenvalue weighted by Gasteiger charge is -2.27. The third-order valence-electron chi connectivity index (χ3n) is 5.35. The highest BCUT2D eigenvalue weighted by Gasteiger charge is 2.36. The number of nitrogens with one attached hydrogen (secondary N) is 1. The molecule has 1 aliphatic rings. The minimum absolute atomic E-state index is 0.133. The SMILES string of the molecule is Cc1ccc(C2CC(N=[N+]=[N-])C(=O)N(CC(=O)NC(C)(C)C)c3cc(C)ccc32)cc1. The van der Waals surface area contributed by atoms with Crippen molar-refractivity contribution in [3.8, 4) is 0 Å². The van der Waals surface area contributed by atoms with Crippen molar-refractivity contribution in [2.24, 2.45) is 5.11 Å². The number of azide groups is 1. The van der Waals surface area contributed by atoms with E-state index in [0.717, 1.165) is 22.3 Å². The Bertz CT molecular complexity index is 1030. The molecule has 0 aromatic heterocycles. The molecular formula is C24H29N5O2. The van der Waals surface area contributed by atoms with Crippen LogP contribution in [0.4, 0.5) is 5.69 Å². The molecule has 7 heteroatoms. The lowest BCUT2D eigenvalue weighted by atomic mass is 9.85. The van der Waals surface area contributed by atoms with Gasteiger partial charge in [-0.15, -0.1) is 0 Å². The number of benzene rings is 2. The normalized spacial score (nSPS) is 18.6. The molecule has 7 nitrogen and oxygen atoms in total. The van der Waals surface area contributed by atoms with Crippen molar-refractivity contribution in [3.05, 3.63) is 75.2 Å². The van der Waals surface area contributed by atoms with E-state index in [4.69, 9.17) is 5.53 Å². The van der Waals surface area contributed by atoms with Crippen LogP contribution in [0.15, 0.2) is 47.6 Å². The number of hydrogen-bond acceptors (Lipinski definition) is 3. The number of carbonyl (C=O) groups is 2. The third-order valence-corrected chi connectivity index (χ3v) is 5.35. The average Bonchev–Trinajstić information content (AvgIpc) is 2.78. The smallest absolute Gasteiger partial charge is 0.240 e. The Balaban J connectivity index is 2.12. The molecule has 2 aromatic carbocycles. The van der Waals surface area contributed by atoms with Gasteiger partial charge in [-0.05, 0) is 69.3 Å². The molecular weight excluding hydrogens is 390 g/mol. The summed E-state index contributed by atoms with van der Waals surface area (Å²) < 4.78 is 0. The van der Waals surface area contributed by atoms with Gasteiger partial charge in [0.25, 0.3) is 0 Å². The number of aryl methyl sites for hydroxylation is 2. The second-order valence-corrected chi connectivity index (χ2v) is 9.20. The fourth-order valence-electron chi connectivity index (χ4n) is 3.97. The van der Waals surface area contributed by atoms with E-state index < -0.39 is 11.6 Å². The molecule has 0 bridgehead atoms. The molecule has 31 heavy (non-hydrogen) atoms. The summed E-state index contributed by atoms with van der Waals surface area (Å²) in [6, 6.07) is 13.2. The van der Waals surface area contributed by atoms with Crippen LogP contribution < -0.4 is 10.2 Å². The predicted molar refractivity (Wildman–Crippen MR) is 122 cm³/mol. The first-order valence-electron chi connectivity index (χ1n) is 10.4. The van der Waals surface area contributed by atoms with E-state index in [2.05, 4.69) is 15.3 Å². The van der Waals surface area contributed by atoms with Crippen LogP contribution >= 0.6 is 0 Å². The number of anilines is 1. The molecule has 3 rings (SSSR count). The quantitative estimate of drug-likeness (QED) is 0.439. The van der Waals surface area contributed by atoms with Gasteiger partial charge in [-0.25, -0.2) is 0 Å². The largest absolute Gasteiger partial charge is 0.350 e. The second kappa shape index (κ2) is 8.82. The molecule has 2 aromatic rings. The molecule has 2 atom stereocenters. The van der Waals surface area contributed by atoms with Crippen molar-refractivity contribution in [3.63, 3.8) is 0 Å². The Labute approximate surface area is 183 Å². The minimum Gasteiger partial charge on any atom is -0.350 e. The summed E-state index contributed by atoms with van der Waals surface area (Å²) in [5.74, 6) is -0.753. The highest BCUT2D eigenvalue weighted by molar-refractivity contribution is 6.03. The predicted octanol–water partition coefficient (Wildman–Crippen LogP) is 4.77. The Morgan fingerprint density at radius 1 is 1.16 bits per heavy atom. The van der Waals surface area contributed by atoms with E-state index in [1.165, 1.54) is 4.90 Å². The summed E-state index contributed by atoms with van der Waals surface area (Å²) in [6.45, 7) is 9.52. The fourth-order valence-corrected chi connectivity index (χ4v) is 3.97. The molecule has 1 N–H and O–H groups in total. The van der Waals surface area contributed by atoms with Crippen molar-refractivity contribution < 1.29 is 9.59 Å². The molecule has 2 unspecified atom stereocenters. The molecule has 2 amide bonds. The van der Waals surface area contributed by atoms with Gasteiger partial charge < -0.3 is 10.2 Å². The van der Waals surface area contributed by atoms with Crippen LogP contribution in [-0.4, -0.2) is 29.9 Å². The van der Waals surface area contributed by atoms with Gasteiger partial charge in [-0.1, -0.05) is 47.1 Å². The van der Waals surface area contributed by atoms with Crippen LogP contribution in [0, 0.1) is 13.8 Å². The average molecular weight is 420 g/mol. The van der Waals surface area contributed by atoms with Crippen molar-refractivity contribution in [1.82, 2.24) is 5.32 Å².